The molecule has 5 heteroatoms. The Morgan fingerprint density at radius 1 is 1.12 bits per heavy atom. The molecule has 0 unspecified atom stereocenters. The van der Waals surface area contributed by atoms with Gasteiger partial charge >= 0.3 is 0 Å². The number of phenolic OH excluding ortho intramolecular Hbond substituents is 1. The van der Waals surface area contributed by atoms with Crippen LogP contribution in [0.5, 0.6) is 11.5 Å². The monoisotopic (exact) mass is 328 g/mol. The number of nitrogens with zero attached hydrogens (tertiary/aromatic N) is 2. The molecule has 0 radical (unpaired) electrons. The van der Waals surface area contributed by atoms with Crippen molar-refractivity contribution in [3.8, 4) is 11.5 Å². The van der Waals surface area contributed by atoms with E-state index in [2.05, 4.69) is 16.8 Å². The fraction of sp³-hybridized carbons (Fsp3) is 0.316. The second kappa shape index (κ2) is 8.93. The number of ether oxygens (including phenoxy) is 1. The second-order valence-electron chi connectivity index (χ2n) is 5.20. The van der Waals surface area contributed by atoms with Crippen LogP contribution in [0.25, 0.3) is 0 Å². The van der Waals surface area contributed by atoms with E-state index in [1.54, 1.807) is 18.3 Å². The smallest absolute Gasteiger partial charge is 0.166 e. The van der Waals surface area contributed by atoms with Gasteiger partial charge in [0.25, 0.3) is 0 Å². The molecule has 2 aromatic carbocycles. The van der Waals surface area contributed by atoms with Crippen LogP contribution < -0.4 is 9.64 Å². The summed E-state index contributed by atoms with van der Waals surface area (Å²) in [6.07, 6.45) is 1.62. The van der Waals surface area contributed by atoms with Gasteiger partial charge < -0.3 is 19.8 Å². The molecule has 0 aromatic heterocycles. The molecule has 2 rings (SSSR count). The number of anilines is 1. The molecule has 0 aliphatic rings. The van der Waals surface area contributed by atoms with Gasteiger partial charge in [0.1, 0.15) is 0 Å². The molecule has 0 heterocycles. The van der Waals surface area contributed by atoms with Crippen molar-refractivity contribution in [2.24, 2.45) is 4.99 Å². The highest BCUT2D eigenvalue weighted by Gasteiger charge is 2.06. The Hall–Kier alpha value is -2.53. The summed E-state index contributed by atoms with van der Waals surface area (Å²) in [5.41, 5.74) is 2.45. The van der Waals surface area contributed by atoms with Gasteiger partial charge in [0.15, 0.2) is 11.5 Å². The molecule has 24 heavy (non-hydrogen) atoms. The van der Waals surface area contributed by atoms with Crippen molar-refractivity contribution in [3.05, 3.63) is 48.0 Å². The lowest BCUT2D eigenvalue weighted by molar-refractivity contribution is 0.302. The number of aromatic hydroxyl groups is 1. The predicted molar refractivity (Wildman–Crippen MR) is 97.9 cm³/mol. The van der Waals surface area contributed by atoms with Crippen molar-refractivity contribution < 1.29 is 14.9 Å². The molecule has 0 aliphatic heterocycles. The Balaban J connectivity index is 2.14. The van der Waals surface area contributed by atoms with Crippen LogP contribution in [0.2, 0.25) is 0 Å². The molecule has 128 valence electrons. The normalized spacial score (nSPS) is 11.0. The Bertz CT molecular complexity index is 669. The van der Waals surface area contributed by atoms with Gasteiger partial charge in [-0.05, 0) is 50.2 Å². The third-order valence-electron chi connectivity index (χ3n) is 3.65. The lowest BCUT2D eigenvalue weighted by atomic mass is 10.2. The highest BCUT2D eigenvalue weighted by molar-refractivity contribution is 5.86. The van der Waals surface area contributed by atoms with Crippen molar-refractivity contribution in [1.82, 2.24) is 0 Å². The number of hydrogen-bond donors (Lipinski definition) is 2. The fourth-order valence-electron chi connectivity index (χ4n) is 2.40. The van der Waals surface area contributed by atoms with Gasteiger partial charge in [0.05, 0.1) is 18.9 Å². The quantitative estimate of drug-likeness (QED) is 0.729. The van der Waals surface area contributed by atoms with Crippen LogP contribution in [-0.4, -0.2) is 42.7 Å². The van der Waals surface area contributed by atoms with Crippen LogP contribution in [0.4, 0.5) is 11.4 Å². The van der Waals surface area contributed by atoms with Crippen LogP contribution in [0.15, 0.2) is 47.5 Å². The molecular formula is C19H24N2O3. The van der Waals surface area contributed by atoms with Crippen LogP contribution in [-0.2, 0) is 0 Å². The van der Waals surface area contributed by atoms with Gasteiger partial charge in [-0.3, -0.25) is 4.99 Å². The Kier molecular flexibility index (Phi) is 6.63. The highest BCUT2D eigenvalue weighted by atomic mass is 16.5. The maximum absolute atomic E-state index is 10.2. The summed E-state index contributed by atoms with van der Waals surface area (Å²) in [5.74, 6) is 0.555. The third kappa shape index (κ3) is 4.49. The highest BCUT2D eigenvalue weighted by Crippen LogP contribution is 2.29. The van der Waals surface area contributed by atoms with E-state index in [4.69, 9.17) is 9.84 Å². The van der Waals surface area contributed by atoms with Crippen molar-refractivity contribution in [2.45, 2.75) is 13.8 Å². The van der Waals surface area contributed by atoms with Crippen molar-refractivity contribution in [3.63, 3.8) is 0 Å². The van der Waals surface area contributed by atoms with Crippen LogP contribution >= 0.6 is 0 Å². The number of likely N-dealkylation sites (N-methyl/N-ethyl adjacent to an activating group) is 1. The van der Waals surface area contributed by atoms with E-state index >= 15 is 0 Å². The van der Waals surface area contributed by atoms with Crippen molar-refractivity contribution >= 4 is 17.6 Å². The molecule has 2 N–H and O–H groups in total. The second-order valence-corrected chi connectivity index (χ2v) is 5.20. The van der Waals surface area contributed by atoms with Crippen LogP contribution in [0.1, 0.15) is 19.4 Å². The summed E-state index contributed by atoms with van der Waals surface area (Å²) in [6.45, 7) is 5.99. The van der Waals surface area contributed by atoms with Gasteiger partial charge in [0.2, 0.25) is 0 Å². The van der Waals surface area contributed by atoms with Gasteiger partial charge in [-0.1, -0.05) is 6.07 Å². The first-order valence-corrected chi connectivity index (χ1v) is 8.14. The van der Waals surface area contributed by atoms with Crippen LogP contribution in [0.3, 0.4) is 0 Å². The summed E-state index contributed by atoms with van der Waals surface area (Å²) in [5, 5.41) is 19.2. The molecule has 0 bridgehead atoms. The third-order valence-corrected chi connectivity index (χ3v) is 3.65. The molecule has 5 nitrogen and oxygen atoms in total. The Morgan fingerprint density at radius 2 is 1.88 bits per heavy atom. The van der Waals surface area contributed by atoms with E-state index in [-0.39, 0.29) is 12.4 Å². The van der Waals surface area contributed by atoms with Gasteiger partial charge in [-0.2, -0.15) is 0 Å². The van der Waals surface area contributed by atoms with E-state index in [1.165, 1.54) is 0 Å². The van der Waals surface area contributed by atoms with E-state index in [9.17, 15) is 5.11 Å². The summed E-state index contributed by atoms with van der Waals surface area (Å²) in [6, 6.07) is 13.1. The molecule has 0 spiro atoms. The number of benzene rings is 2. The number of para-hydroxylation sites is 1. The molecular weight excluding hydrogens is 304 g/mol. The molecule has 0 saturated carbocycles. The Labute approximate surface area is 142 Å². The minimum Gasteiger partial charge on any atom is -0.504 e. The summed E-state index contributed by atoms with van der Waals surface area (Å²) in [7, 11) is 0. The van der Waals surface area contributed by atoms with E-state index in [1.807, 2.05) is 37.3 Å². The molecule has 0 atom stereocenters. The lowest BCUT2D eigenvalue weighted by Gasteiger charge is -2.21. The first-order chi connectivity index (χ1) is 11.7. The number of phenols is 1. The van der Waals surface area contributed by atoms with Gasteiger partial charge in [0, 0.05) is 30.6 Å². The summed E-state index contributed by atoms with van der Waals surface area (Å²) < 4.78 is 5.37. The summed E-state index contributed by atoms with van der Waals surface area (Å²) >= 11 is 0. The molecule has 0 fully saturated rings. The number of aliphatic hydroxyl groups is 1. The average molecular weight is 328 g/mol. The molecule has 0 saturated heterocycles. The van der Waals surface area contributed by atoms with Crippen LogP contribution in [0, 0.1) is 0 Å². The molecule has 2 aromatic rings. The van der Waals surface area contributed by atoms with E-state index < -0.39 is 0 Å². The van der Waals surface area contributed by atoms with E-state index in [0.29, 0.717) is 24.5 Å². The van der Waals surface area contributed by atoms with Crippen molar-refractivity contribution in [2.75, 3.05) is 31.2 Å². The SMILES string of the molecule is CCOc1cccc(C=Nc2ccc(N(CC)CCO)cc2)c1O. The largest absolute Gasteiger partial charge is 0.504 e. The lowest BCUT2D eigenvalue weighted by Crippen LogP contribution is -2.25. The predicted octanol–water partition coefficient (Wildman–Crippen LogP) is 3.36. The molecule has 0 aliphatic carbocycles. The zero-order valence-corrected chi connectivity index (χ0v) is 14.1. The number of rotatable bonds is 8. The first-order valence-electron chi connectivity index (χ1n) is 8.14. The zero-order valence-electron chi connectivity index (χ0n) is 14.1. The average Bonchev–Trinajstić information content (AvgIpc) is 2.61. The Morgan fingerprint density at radius 3 is 2.50 bits per heavy atom. The molecule has 0 amide bonds. The topological polar surface area (TPSA) is 65.3 Å². The number of aliphatic imine (C=N–C) groups is 1. The van der Waals surface area contributed by atoms with Gasteiger partial charge in [-0.25, -0.2) is 0 Å². The fourth-order valence-corrected chi connectivity index (χ4v) is 2.40. The maximum atomic E-state index is 10.2. The van der Waals surface area contributed by atoms with Gasteiger partial charge in [-0.15, -0.1) is 0 Å². The minimum atomic E-state index is 0.0971. The standard InChI is InChI=1S/C19H24N2O3/c1-3-21(12-13-22)17-10-8-16(9-11-17)20-14-15-6-5-7-18(19(15)23)24-4-2/h5-11,14,22-23H,3-4,12-13H2,1-2H3. The summed E-state index contributed by atoms with van der Waals surface area (Å²) in [4.78, 5) is 6.49. The first kappa shape index (κ1) is 17.8. The zero-order chi connectivity index (χ0) is 17.4. The minimum absolute atomic E-state index is 0.0971. The maximum Gasteiger partial charge on any atom is 0.166 e. The number of aliphatic hydroxyl groups excluding tert-OH is 1. The number of hydrogen-bond acceptors (Lipinski definition) is 5. The van der Waals surface area contributed by atoms with E-state index in [0.717, 1.165) is 17.9 Å². The van der Waals surface area contributed by atoms with Crippen molar-refractivity contribution in [1.29, 1.82) is 0 Å².